The summed E-state index contributed by atoms with van der Waals surface area (Å²) in [5.41, 5.74) is 9.42. The largest absolute Gasteiger partial charge is 0.393 e. The molecule has 0 saturated carbocycles. The van der Waals surface area contributed by atoms with Gasteiger partial charge in [0.2, 0.25) is 5.91 Å². The van der Waals surface area contributed by atoms with Gasteiger partial charge >= 0.3 is 0 Å². The lowest BCUT2D eigenvalue weighted by Crippen LogP contribution is -2.42. The number of rotatable bonds is 5. The van der Waals surface area contributed by atoms with Crippen LogP contribution in [-0.2, 0) is 9.59 Å². The van der Waals surface area contributed by atoms with Crippen LogP contribution in [0.25, 0.3) is 16.6 Å². The second-order valence-corrected chi connectivity index (χ2v) is 8.21. The van der Waals surface area contributed by atoms with Crippen LogP contribution in [0, 0.1) is 5.92 Å². The Balaban J connectivity index is 1.45. The maximum atomic E-state index is 12.6. The predicted molar refractivity (Wildman–Crippen MR) is 116 cm³/mol. The van der Waals surface area contributed by atoms with E-state index in [0.29, 0.717) is 30.8 Å². The molecule has 4 atom stereocenters. The van der Waals surface area contributed by atoms with Gasteiger partial charge in [0.25, 0.3) is 5.91 Å². The van der Waals surface area contributed by atoms with Crippen LogP contribution in [0.3, 0.4) is 0 Å². The Bertz CT molecular complexity index is 1020. The third kappa shape index (κ3) is 4.33. The van der Waals surface area contributed by atoms with E-state index in [9.17, 15) is 14.7 Å². The molecule has 0 bridgehead atoms. The third-order valence-corrected chi connectivity index (χ3v) is 6.13. The van der Waals surface area contributed by atoms with E-state index < -0.39 is 18.6 Å². The number of hydrogen-bond acceptors (Lipinski definition) is 7. The molecule has 1 fully saturated rings. The number of aliphatic hydroxyl groups is 2. The molecule has 2 amide bonds. The number of nitrogens with one attached hydrogen (secondary N) is 4. The summed E-state index contributed by atoms with van der Waals surface area (Å²) in [6.45, 7) is 4.31. The van der Waals surface area contributed by atoms with Gasteiger partial charge < -0.3 is 25.4 Å². The molecule has 0 radical (unpaired) electrons. The van der Waals surface area contributed by atoms with Gasteiger partial charge in [-0.05, 0) is 37.0 Å². The SMILES string of the molecule is CC1NNC(C(=O)Nc2cnc3[nH]c(C4=CCN(C(=O)C(O)CO)CC4)cc3c2)C1C. The highest BCUT2D eigenvalue weighted by atomic mass is 16.3. The molecule has 0 spiro atoms. The topological polar surface area (TPSA) is 143 Å². The van der Waals surface area contributed by atoms with Crippen molar-refractivity contribution in [2.24, 2.45) is 5.92 Å². The molecular weight excluding hydrogens is 400 g/mol. The minimum absolute atomic E-state index is 0.105. The summed E-state index contributed by atoms with van der Waals surface area (Å²) in [7, 11) is 0. The fraction of sp³-hybridized carbons (Fsp3) is 0.476. The Morgan fingerprint density at radius 3 is 2.77 bits per heavy atom. The molecule has 2 aliphatic heterocycles. The number of hydrogen-bond donors (Lipinski definition) is 6. The predicted octanol–water partition coefficient (Wildman–Crippen LogP) is -0.0287. The Hall–Kier alpha value is -2.79. The molecule has 4 heterocycles. The van der Waals surface area contributed by atoms with Gasteiger partial charge in [-0.2, -0.15) is 0 Å². The number of nitrogens with zero attached hydrogens (tertiary/aromatic N) is 2. The highest BCUT2D eigenvalue weighted by Gasteiger charge is 2.34. The summed E-state index contributed by atoms with van der Waals surface area (Å²) in [5, 5.41) is 22.3. The number of aromatic nitrogens is 2. The summed E-state index contributed by atoms with van der Waals surface area (Å²) in [5.74, 6) is -0.406. The average Bonchev–Trinajstić information content (AvgIpc) is 3.35. The Labute approximate surface area is 179 Å². The molecule has 2 aromatic rings. The maximum absolute atomic E-state index is 12.6. The Kier molecular flexibility index (Phi) is 6.05. The summed E-state index contributed by atoms with van der Waals surface area (Å²) in [6.07, 6.45) is 2.81. The highest BCUT2D eigenvalue weighted by Crippen LogP contribution is 2.26. The van der Waals surface area contributed by atoms with E-state index in [1.54, 1.807) is 6.20 Å². The van der Waals surface area contributed by atoms with Crippen LogP contribution in [-0.4, -0.2) is 74.8 Å². The van der Waals surface area contributed by atoms with Crippen molar-refractivity contribution in [3.8, 4) is 0 Å². The van der Waals surface area contributed by atoms with Gasteiger partial charge in [0.15, 0.2) is 6.10 Å². The molecule has 6 N–H and O–H groups in total. The second kappa shape index (κ2) is 8.75. The van der Waals surface area contributed by atoms with E-state index in [-0.39, 0.29) is 23.9 Å². The molecule has 31 heavy (non-hydrogen) atoms. The van der Waals surface area contributed by atoms with Gasteiger partial charge in [0, 0.05) is 30.2 Å². The quantitative estimate of drug-likeness (QED) is 0.393. The summed E-state index contributed by atoms with van der Waals surface area (Å²) in [6, 6.07) is 3.76. The van der Waals surface area contributed by atoms with Crippen molar-refractivity contribution in [3.63, 3.8) is 0 Å². The molecule has 4 rings (SSSR count). The zero-order chi connectivity index (χ0) is 22.1. The molecule has 2 aromatic heterocycles. The van der Waals surface area contributed by atoms with Crippen molar-refractivity contribution in [1.29, 1.82) is 0 Å². The van der Waals surface area contributed by atoms with Crippen LogP contribution in [0.2, 0.25) is 0 Å². The summed E-state index contributed by atoms with van der Waals surface area (Å²) < 4.78 is 0. The molecular formula is C21H28N6O4. The maximum Gasteiger partial charge on any atom is 0.254 e. The molecule has 0 aliphatic carbocycles. The lowest BCUT2D eigenvalue weighted by atomic mass is 9.97. The summed E-state index contributed by atoms with van der Waals surface area (Å²) in [4.78, 5) is 33.8. The van der Waals surface area contributed by atoms with Crippen molar-refractivity contribution in [2.75, 3.05) is 25.0 Å². The first-order valence-corrected chi connectivity index (χ1v) is 10.4. The number of carbonyl (C=O) groups is 2. The fourth-order valence-corrected chi connectivity index (χ4v) is 3.96. The number of anilines is 1. The molecule has 166 valence electrons. The van der Waals surface area contributed by atoms with Crippen molar-refractivity contribution in [1.82, 2.24) is 25.7 Å². The Morgan fingerprint density at radius 2 is 2.13 bits per heavy atom. The first kappa shape index (κ1) is 21.4. The van der Waals surface area contributed by atoms with Crippen LogP contribution >= 0.6 is 0 Å². The number of fused-ring (bicyclic) bond motifs is 1. The first-order valence-electron chi connectivity index (χ1n) is 10.4. The number of carbonyl (C=O) groups excluding carboxylic acids is 2. The van der Waals surface area contributed by atoms with Crippen LogP contribution in [0.4, 0.5) is 5.69 Å². The number of aliphatic hydroxyl groups excluding tert-OH is 2. The van der Waals surface area contributed by atoms with Crippen molar-refractivity contribution in [2.45, 2.75) is 38.5 Å². The summed E-state index contributed by atoms with van der Waals surface area (Å²) >= 11 is 0. The van der Waals surface area contributed by atoms with Gasteiger partial charge in [-0.1, -0.05) is 13.0 Å². The lowest BCUT2D eigenvalue weighted by Gasteiger charge is -2.27. The van der Waals surface area contributed by atoms with E-state index in [4.69, 9.17) is 5.11 Å². The van der Waals surface area contributed by atoms with Crippen molar-refractivity contribution in [3.05, 3.63) is 30.1 Å². The van der Waals surface area contributed by atoms with Gasteiger partial charge in [-0.15, -0.1) is 0 Å². The van der Waals surface area contributed by atoms with Gasteiger partial charge in [0.05, 0.1) is 18.5 Å². The zero-order valence-corrected chi connectivity index (χ0v) is 17.6. The fourth-order valence-electron chi connectivity index (χ4n) is 3.96. The lowest BCUT2D eigenvalue weighted by molar-refractivity contribution is -0.141. The average molecular weight is 428 g/mol. The number of amides is 2. The van der Waals surface area contributed by atoms with Crippen LogP contribution in [0.5, 0.6) is 0 Å². The number of hydrazine groups is 1. The van der Waals surface area contributed by atoms with E-state index in [0.717, 1.165) is 16.7 Å². The molecule has 10 nitrogen and oxygen atoms in total. The monoisotopic (exact) mass is 428 g/mol. The molecule has 4 unspecified atom stereocenters. The third-order valence-electron chi connectivity index (χ3n) is 6.13. The van der Waals surface area contributed by atoms with Gasteiger partial charge in [-0.25, -0.2) is 10.4 Å². The first-order chi connectivity index (χ1) is 14.9. The molecule has 10 heteroatoms. The van der Waals surface area contributed by atoms with Gasteiger partial charge in [-0.3, -0.25) is 15.0 Å². The van der Waals surface area contributed by atoms with Crippen molar-refractivity contribution >= 4 is 34.1 Å². The van der Waals surface area contributed by atoms with Gasteiger partial charge in [0.1, 0.15) is 11.7 Å². The number of pyridine rings is 1. The molecule has 1 saturated heterocycles. The smallest absolute Gasteiger partial charge is 0.254 e. The molecule has 0 aromatic carbocycles. The van der Waals surface area contributed by atoms with Crippen LogP contribution in [0.15, 0.2) is 24.4 Å². The van der Waals surface area contributed by atoms with Crippen molar-refractivity contribution < 1.29 is 19.8 Å². The minimum atomic E-state index is -1.37. The molecule has 2 aliphatic rings. The zero-order valence-electron chi connectivity index (χ0n) is 17.6. The number of aromatic amines is 1. The second-order valence-electron chi connectivity index (χ2n) is 8.21. The van der Waals surface area contributed by atoms with E-state index in [2.05, 4.69) is 26.1 Å². The Morgan fingerprint density at radius 1 is 1.32 bits per heavy atom. The minimum Gasteiger partial charge on any atom is -0.393 e. The number of H-pyrrole nitrogens is 1. The highest BCUT2D eigenvalue weighted by molar-refractivity contribution is 5.97. The standard InChI is InChI=1S/C21H28N6O4/c1-11-12(2)25-26-18(11)20(30)23-15-7-14-8-16(24-19(14)22-9-15)13-3-5-27(6-4-13)21(31)17(29)10-28/h3,7-9,11-12,17-18,25-26,28-29H,4-6,10H2,1-2H3,(H,22,24)(H,23,30). The van der Waals surface area contributed by atoms with E-state index in [1.165, 1.54) is 4.90 Å². The normalized spacial score (nSPS) is 24.8. The van der Waals surface area contributed by atoms with Crippen LogP contribution < -0.4 is 16.2 Å². The van der Waals surface area contributed by atoms with E-state index >= 15 is 0 Å². The van der Waals surface area contributed by atoms with Crippen LogP contribution in [0.1, 0.15) is 26.0 Å². The van der Waals surface area contributed by atoms with E-state index in [1.807, 2.05) is 32.1 Å².